The minimum atomic E-state index is -5.70. The van der Waals surface area contributed by atoms with E-state index < -0.39 is 72.5 Å². The molecule has 12 fully saturated rings. The summed E-state index contributed by atoms with van der Waals surface area (Å²) in [7, 11) is -6.06. The lowest BCUT2D eigenvalue weighted by atomic mass is 9.69. The standard InChI is InChI=1S/C14H21BF2O2.C10H14F2O2.C9H9F5O3S.C9H14O2.C8H10F2O.C8H12O3/c1-11(2)12(3,4)19-15(18-11)10-5-7-13(8-6-10)9-14(13,16)17;11-10(12)7-8(10)1-3-9(4-2-8)13-5-6-14-9;10-8(11)5-7(8)3-1-6(2-4-7)17-18(15,16)9(12,13)14;1-8-2-4-9(5-3-8)10-6-7-11-9;9-8(10)5-7(8)3-1-6(11)2-4-7;9-7-1-3-8(4-2-7)10-5-6-11-8/h5H,6-9H2,1-4H3;1-7H2;1H,2-5H2;1-7H2;1-5H2;1-6H2. The van der Waals surface area contributed by atoms with Crippen LogP contribution in [-0.4, -0.2) is 125 Å². The maximum absolute atomic E-state index is 13.3. The van der Waals surface area contributed by atoms with E-state index in [1.807, 2.05) is 33.8 Å². The number of Topliss-reactive ketones (excluding diaryl/α,β-unsaturated/α-hetero) is 2. The monoisotopic (exact) mass is 1240 g/mol. The van der Waals surface area contributed by atoms with Gasteiger partial charge in [-0.15, -0.1) is 0 Å². The van der Waals surface area contributed by atoms with E-state index in [9.17, 15) is 66.3 Å². The molecule has 0 aromatic heterocycles. The van der Waals surface area contributed by atoms with Crippen LogP contribution in [0.25, 0.3) is 0 Å². The molecule has 13 nitrogen and oxygen atoms in total. The number of ether oxygens (including phenoxy) is 6. The van der Waals surface area contributed by atoms with Gasteiger partial charge in [0.25, 0.3) is 23.7 Å². The van der Waals surface area contributed by atoms with Crippen LogP contribution in [0.4, 0.5) is 48.3 Å². The summed E-state index contributed by atoms with van der Waals surface area (Å²) in [6.45, 7) is 16.1. The van der Waals surface area contributed by atoms with Crippen molar-refractivity contribution < 1.29 is 108 Å². The SMILES string of the molecule is C=C1CCC2(CC1)OCCO2.CC1(C)OB(C2=CCC3(CC2)CC3(F)F)OC1(C)C.FC1(F)CC12CCC1(CC2)OCCO1.O=C1CCC2(CC1)CC2(F)F.O=C1CCC2(CC1)OCCO2.O=S(=O)(OC1=CCC2(CC1)CC2(F)F)C(F)(F)F. The summed E-state index contributed by atoms with van der Waals surface area (Å²) in [5, 5.41) is 0. The van der Waals surface area contributed by atoms with Crippen molar-refractivity contribution in [2.75, 3.05) is 39.6 Å². The molecule has 476 valence electrons. The second-order valence-corrected chi connectivity index (χ2v) is 28.3. The van der Waals surface area contributed by atoms with E-state index in [1.54, 1.807) is 0 Å². The van der Waals surface area contributed by atoms with Crippen molar-refractivity contribution in [1.29, 1.82) is 0 Å². The molecule has 0 N–H and O–H groups in total. The minimum absolute atomic E-state index is 0.0211. The maximum Gasteiger partial charge on any atom is 0.534 e. The van der Waals surface area contributed by atoms with Crippen LogP contribution < -0.4 is 0 Å². The van der Waals surface area contributed by atoms with Gasteiger partial charge in [0, 0.05) is 118 Å². The summed E-state index contributed by atoms with van der Waals surface area (Å²) in [6.07, 6.45) is 14.9. The van der Waals surface area contributed by atoms with E-state index in [0.29, 0.717) is 116 Å². The van der Waals surface area contributed by atoms with Crippen LogP contribution >= 0.6 is 0 Å². The molecule has 0 aromatic rings. The molecule has 4 heterocycles. The Morgan fingerprint density at radius 1 is 0.464 bits per heavy atom. The molecule has 26 heteroatoms. The number of hydrogen-bond donors (Lipinski definition) is 0. The molecular formula is C58H80BF11O13S. The molecule has 0 bridgehead atoms. The molecule has 10 aliphatic carbocycles. The molecule has 4 saturated heterocycles. The molecule has 4 aliphatic heterocycles. The molecule has 2 atom stereocenters. The average molecular weight is 1240 g/mol. The van der Waals surface area contributed by atoms with Gasteiger partial charge in [0.1, 0.15) is 17.3 Å². The van der Waals surface area contributed by atoms with Crippen molar-refractivity contribution in [1.82, 2.24) is 0 Å². The lowest BCUT2D eigenvalue weighted by Gasteiger charge is -2.35. The van der Waals surface area contributed by atoms with Gasteiger partial charge in [-0.2, -0.15) is 21.6 Å². The third-order valence-corrected chi connectivity index (χ3v) is 21.6. The fraction of sp³-hybridized carbons (Fsp3) is 0.862. The van der Waals surface area contributed by atoms with Crippen molar-refractivity contribution in [3.8, 4) is 0 Å². The number of allylic oxidation sites excluding steroid dienone is 5. The Kier molecular flexibility index (Phi) is 18.0. The molecule has 2 unspecified atom stereocenters. The number of halogens is 11. The predicted molar refractivity (Wildman–Crippen MR) is 281 cm³/mol. The summed E-state index contributed by atoms with van der Waals surface area (Å²) in [6, 6.07) is 0. The Balaban J connectivity index is 0.000000123. The lowest BCUT2D eigenvalue weighted by Crippen LogP contribution is -2.41. The summed E-state index contributed by atoms with van der Waals surface area (Å²) in [5.41, 5.74) is -7.25. The normalized spacial score (nSPS) is 33.4. The summed E-state index contributed by atoms with van der Waals surface area (Å²) in [4.78, 5) is 21.6. The molecule has 7 spiro atoms. The first-order valence-electron chi connectivity index (χ1n) is 29.6. The second-order valence-electron chi connectivity index (χ2n) is 26.7. The lowest BCUT2D eigenvalue weighted by molar-refractivity contribution is -0.189. The Morgan fingerprint density at radius 2 is 0.786 bits per heavy atom. The van der Waals surface area contributed by atoms with Gasteiger partial charge in [-0.1, -0.05) is 18.2 Å². The van der Waals surface area contributed by atoms with E-state index >= 15 is 0 Å². The van der Waals surface area contributed by atoms with Crippen molar-refractivity contribution in [3.63, 3.8) is 0 Å². The number of alkyl halides is 11. The number of carbonyl (C=O) groups is 2. The van der Waals surface area contributed by atoms with E-state index in [2.05, 4.69) is 10.8 Å². The zero-order valence-electron chi connectivity index (χ0n) is 48.4. The van der Waals surface area contributed by atoms with Crippen LogP contribution in [0.5, 0.6) is 0 Å². The van der Waals surface area contributed by atoms with E-state index in [1.165, 1.54) is 5.57 Å². The van der Waals surface area contributed by atoms with Gasteiger partial charge in [-0.05, 0) is 110 Å². The molecule has 84 heavy (non-hydrogen) atoms. The molecule has 14 rings (SSSR count). The zero-order valence-corrected chi connectivity index (χ0v) is 49.3. The van der Waals surface area contributed by atoms with Gasteiger partial charge in [-0.25, -0.2) is 35.1 Å². The number of hydrogen-bond acceptors (Lipinski definition) is 13. The highest BCUT2D eigenvalue weighted by Crippen LogP contribution is 2.70. The van der Waals surface area contributed by atoms with Gasteiger partial charge in [-0.3, -0.25) is 9.59 Å². The predicted octanol–water partition coefficient (Wildman–Crippen LogP) is 13.9. The molecule has 0 aromatic carbocycles. The van der Waals surface area contributed by atoms with Crippen LogP contribution in [0.15, 0.2) is 35.5 Å². The highest BCUT2D eigenvalue weighted by atomic mass is 32.2. The maximum atomic E-state index is 13.3. The van der Waals surface area contributed by atoms with Gasteiger partial charge in [0.05, 0.1) is 50.8 Å². The van der Waals surface area contributed by atoms with Crippen molar-refractivity contribution in [2.45, 2.75) is 252 Å². The summed E-state index contributed by atoms with van der Waals surface area (Å²) in [5.74, 6) is -11.1. The highest BCUT2D eigenvalue weighted by Gasteiger charge is 2.74. The van der Waals surface area contributed by atoms with E-state index in [-0.39, 0.29) is 80.6 Å². The zero-order chi connectivity index (χ0) is 61.4. The van der Waals surface area contributed by atoms with E-state index in [4.69, 9.17) is 37.7 Å². The average Bonchev–Trinajstić information content (AvgIpc) is 1.72. The van der Waals surface area contributed by atoms with Crippen LogP contribution in [0, 0.1) is 21.7 Å². The van der Waals surface area contributed by atoms with Crippen LogP contribution in [-0.2, 0) is 61.6 Å². The second kappa shape index (κ2) is 23.0. The van der Waals surface area contributed by atoms with Gasteiger partial charge >= 0.3 is 22.7 Å². The molecule has 14 aliphatic rings. The topological polar surface area (TPSA) is 151 Å². The first-order chi connectivity index (χ1) is 38.8. The number of carbonyl (C=O) groups excluding carboxylic acids is 2. The third kappa shape index (κ3) is 13.9. The van der Waals surface area contributed by atoms with E-state index in [0.717, 1.165) is 63.3 Å². The van der Waals surface area contributed by atoms with Crippen LogP contribution in [0.3, 0.4) is 0 Å². The van der Waals surface area contributed by atoms with Gasteiger partial charge in [0.2, 0.25) is 0 Å². The fourth-order valence-electron chi connectivity index (χ4n) is 13.2. The Morgan fingerprint density at radius 3 is 1.12 bits per heavy atom. The summed E-state index contributed by atoms with van der Waals surface area (Å²) >= 11 is 0. The molecule has 0 radical (unpaired) electrons. The Bertz CT molecular complexity index is 2490. The quantitative estimate of drug-likeness (QED) is 0.0867. The highest BCUT2D eigenvalue weighted by molar-refractivity contribution is 7.87. The third-order valence-electron chi connectivity index (χ3n) is 20.6. The van der Waals surface area contributed by atoms with Crippen molar-refractivity contribution in [2.24, 2.45) is 21.7 Å². The smallest absolute Gasteiger partial charge is 0.400 e. The van der Waals surface area contributed by atoms with Crippen LogP contribution in [0.1, 0.15) is 195 Å². The van der Waals surface area contributed by atoms with Gasteiger partial charge < -0.3 is 41.9 Å². The fourth-order valence-corrected chi connectivity index (χ4v) is 13.8. The molecule has 0 amide bonds. The van der Waals surface area contributed by atoms with Gasteiger partial charge in [0.15, 0.2) is 17.4 Å². The Labute approximate surface area is 484 Å². The van der Waals surface area contributed by atoms with Crippen molar-refractivity contribution in [3.05, 3.63) is 35.5 Å². The number of ketones is 2. The number of rotatable bonds is 3. The largest absolute Gasteiger partial charge is 0.534 e. The first kappa shape index (κ1) is 65.7. The first-order valence-corrected chi connectivity index (χ1v) is 31.0. The summed E-state index contributed by atoms with van der Waals surface area (Å²) < 4.78 is 210. The molecule has 8 saturated carbocycles. The van der Waals surface area contributed by atoms with Crippen LogP contribution in [0.2, 0.25) is 0 Å². The van der Waals surface area contributed by atoms with Crippen molar-refractivity contribution >= 4 is 28.8 Å². The molecular weight excluding hydrogens is 1160 g/mol. The Hall–Kier alpha value is -2.72. The minimum Gasteiger partial charge on any atom is -0.400 e.